The summed E-state index contributed by atoms with van der Waals surface area (Å²) in [4.78, 5) is 0. The van der Waals surface area contributed by atoms with Crippen molar-refractivity contribution in [2.24, 2.45) is 11.8 Å². The highest BCUT2D eigenvalue weighted by Gasteiger charge is 2.58. The molecule has 4 saturated carbocycles. The normalized spacial score (nSPS) is 25.8. The summed E-state index contributed by atoms with van der Waals surface area (Å²) < 4.78 is 15.9. The van der Waals surface area contributed by atoms with E-state index in [1.165, 1.54) is 161 Å². The van der Waals surface area contributed by atoms with Crippen molar-refractivity contribution in [3.05, 3.63) is 0 Å². The molecule has 0 bridgehead atoms. The molecule has 0 aromatic rings. The summed E-state index contributed by atoms with van der Waals surface area (Å²) in [5.41, 5.74) is 1.53. The first-order chi connectivity index (χ1) is 18.2. The van der Waals surface area contributed by atoms with Gasteiger partial charge in [-0.15, -0.1) is 0 Å². The van der Waals surface area contributed by atoms with Crippen LogP contribution in [-0.2, 0) is 8.85 Å². The van der Waals surface area contributed by atoms with Gasteiger partial charge >= 0.3 is 8.56 Å². The second-order valence-electron chi connectivity index (χ2n) is 13.7. The predicted octanol–water partition coefficient (Wildman–Crippen LogP) is 11.4. The average Bonchev–Trinajstić information content (AvgIpc) is 3.55. The molecule has 4 aliphatic rings. The smallest absolute Gasteiger partial charge is 0.345 e. The fourth-order valence-electron chi connectivity index (χ4n) is 9.37. The molecule has 0 N–H and O–H groups in total. The number of rotatable bonds is 10. The highest BCUT2D eigenvalue weighted by atomic mass is 28.4. The van der Waals surface area contributed by atoms with Gasteiger partial charge in [0.15, 0.2) is 0 Å². The van der Waals surface area contributed by atoms with E-state index in [0.29, 0.717) is 0 Å². The Kier molecular flexibility index (Phi) is 12.9. The van der Waals surface area contributed by atoms with Gasteiger partial charge in [0, 0.05) is 17.7 Å². The fourth-order valence-corrected chi connectivity index (χ4v) is 14.9. The minimum Gasteiger partial charge on any atom is -0.394 e. The van der Waals surface area contributed by atoms with Gasteiger partial charge in [0.1, 0.15) is 0 Å². The van der Waals surface area contributed by atoms with Gasteiger partial charge in [-0.05, 0) is 76.0 Å². The Hall–Kier alpha value is 0.137. The molecule has 4 aliphatic carbocycles. The zero-order valence-electron chi connectivity index (χ0n) is 25.2. The third-order valence-corrected chi connectivity index (χ3v) is 16.2. The summed E-state index contributed by atoms with van der Waals surface area (Å²) in [5.74, 6) is 1.52. The highest BCUT2D eigenvalue weighted by Crippen LogP contribution is 2.55. The van der Waals surface area contributed by atoms with Crippen molar-refractivity contribution >= 4 is 8.56 Å². The molecule has 0 heterocycles. The zero-order valence-corrected chi connectivity index (χ0v) is 26.2. The van der Waals surface area contributed by atoms with E-state index in [2.05, 4.69) is 13.8 Å². The monoisotopic (exact) mass is 532 g/mol. The molecule has 0 amide bonds. The van der Waals surface area contributed by atoms with Gasteiger partial charge in [0.05, 0.1) is 5.60 Å². The predicted molar refractivity (Wildman–Crippen MR) is 161 cm³/mol. The van der Waals surface area contributed by atoms with Gasteiger partial charge in [0.2, 0.25) is 0 Å². The maximum absolute atomic E-state index is 8.37. The van der Waals surface area contributed by atoms with Crippen molar-refractivity contribution in [2.45, 2.75) is 197 Å². The fraction of sp³-hybridized carbons (Fsp3) is 1.00. The molecule has 0 aromatic heterocycles. The second kappa shape index (κ2) is 15.8. The SMILES string of the molecule is CCCO[Si](OC(CC)(C1CCCCCC1)C1CCCCCC1)(C1CCCCCC1)C1CCCCCC1. The Bertz CT molecular complexity index is 549. The molecule has 0 saturated heterocycles. The van der Waals surface area contributed by atoms with Crippen LogP contribution in [0.25, 0.3) is 0 Å². The van der Waals surface area contributed by atoms with E-state index in [9.17, 15) is 0 Å². The lowest BCUT2D eigenvalue weighted by molar-refractivity contribution is -0.0920. The lowest BCUT2D eigenvalue weighted by atomic mass is 9.69. The quantitative estimate of drug-likeness (QED) is 0.206. The largest absolute Gasteiger partial charge is 0.394 e. The van der Waals surface area contributed by atoms with Gasteiger partial charge in [-0.3, -0.25) is 0 Å². The Balaban J connectivity index is 1.79. The Morgan fingerprint density at radius 3 is 1.19 bits per heavy atom. The van der Waals surface area contributed by atoms with E-state index < -0.39 is 8.56 Å². The summed E-state index contributed by atoms with van der Waals surface area (Å²) in [6.07, 6.45) is 36.5. The van der Waals surface area contributed by atoms with E-state index in [-0.39, 0.29) is 5.60 Å². The van der Waals surface area contributed by atoms with E-state index in [0.717, 1.165) is 35.9 Å². The van der Waals surface area contributed by atoms with E-state index in [4.69, 9.17) is 8.85 Å². The van der Waals surface area contributed by atoms with Crippen molar-refractivity contribution in [1.82, 2.24) is 0 Å². The Morgan fingerprint density at radius 1 is 0.514 bits per heavy atom. The first kappa shape index (κ1) is 30.1. The summed E-state index contributed by atoms with van der Waals surface area (Å²) in [6, 6.07) is 0. The van der Waals surface area contributed by atoms with E-state index in [1.54, 1.807) is 0 Å². The van der Waals surface area contributed by atoms with Crippen molar-refractivity contribution < 1.29 is 8.85 Å². The summed E-state index contributed by atoms with van der Waals surface area (Å²) in [6.45, 7) is 5.81. The first-order valence-corrected chi connectivity index (χ1v) is 19.6. The van der Waals surface area contributed by atoms with Crippen LogP contribution in [-0.4, -0.2) is 20.8 Å². The van der Waals surface area contributed by atoms with Crippen LogP contribution in [0.15, 0.2) is 0 Å². The topological polar surface area (TPSA) is 18.5 Å². The van der Waals surface area contributed by atoms with Gasteiger partial charge in [-0.25, -0.2) is 0 Å². The van der Waals surface area contributed by atoms with Crippen molar-refractivity contribution in [3.8, 4) is 0 Å². The molecular formula is C34H64O2Si. The summed E-state index contributed by atoms with van der Waals surface area (Å²) in [7, 11) is -2.44. The second-order valence-corrected chi connectivity index (χ2v) is 17.3. The van der Waals surface area contributed by atoms with Gasteiger partial charge in [-0.1, -0.05) is 117 Å². The molecule has 0 atom stereocenters. The molecule has 0 aromatic carbocycles. The van der Waals surface area contributed by atoms with Gasteiger partial charge in [-0.2, -0.15) is 0 Å². The molecule has 0 aliphatic heterocycles. The molecule has 4 fully saturated rings. The molecule has 37 heavy (non-hydrogen) atoms. The van der Waals surface area contributed by atoms with Crippen molar-refractivity contribution in [1.29, 1.82) is 0 Å². The van der Waals surface area contributed by atoms with Crippen LogP contribution in [0.5, 0.6) is 0 Å². The molecule has 0 unspecified atom stereocenters. The van der Waals surface area contributed by atoms with Crippen LogP contribution in [0.4, 0.5) is 0 Å². The summed E-state index contributed by atoms with van der Waals surface area (Å²) >= 11 is 0. The minimum atomic E-state index is -2.44. The standard InChI is InChI=1S/C34H64O2Si/c1-3-29-35-37(32-25-17-9-10-18-26-32,33-27-19-11-12-20-28-33)36-34(4-2,30-21-13-5-6-14-22-30)31-23-15-7-8-16-24-31/h30-33H,3-29H2,1-2H3. The molecule has 0 spiro atoms. The van der Waals surface area contributed by atoms with Crippen molar-refractivity contribution in [3.63, 3.8) is 0 Å². The Morgan fingerprint density at radius 2 is 0.865 bits per heavy atom. The number of hydrogen-bond acceptors (Lipinski definition) is 2. The molecular weight excluding hydrogens is 468 g/mol. The third-order valence-electron chi connectivity index (χ3n) is 11.4. The van der Waals surface area contributed by atoms with E-state index in [1.807, 2.05) is 0 Å². The van der Waals surface area contributed by atoms with Gasteiger partial charge < -0.3 is 8.85 Å². The van der Waals surface area contributed by atoms with Crippen LogP contribution in [0, 0.1) is 11.8 Å². The average molecular weight is 533 g/mol. The molecule has 0 radical (unpaired) electrons. The third kappa shape index (κ3) is 7.66. The lowest BCUT2D eigenvalue weighted by Gasteiger charge is -2.54. The van der Waals surface area contributed by atoms with Gasteiger partial charge in [0.25, 0.3) is 0 Å². The van der Waals surface area contributed by atoms with Crippen LogP contribution >= 0.6 is 0 Å². The molecule has 4 rings (SSSR count). The molecule has 3 heteroatoms. The van der Waals surface area contributed by atoms with Crippen LogP contribution < -0.4 is 0 Å². The maximum atomic E-state index is 8.37. The maximum Gasteiger partial charge on any atom is 0.345 e. The zero-order chi connectivity index (χ0) is 25.8. The minimum absolute atomic E-state index is 0.0766. The molecule has 216 valence electrons. The molecule has 2 nitrogen and oxygen atoms in total. The van der Waals surface area contributed by atoms with E-state index >= 15 is 0 Å². The van der Waals surface area contributed by atoms with Crippen LogP contribution in [0.1, 0.15) is 181 Å². The van der Waals surface area contributed by atoms with Crippen LogP contribution in [0.2, 0.25) is 11.1 Å². The highest BCUT2D eigenvalue weighted by molar-refractivity contribution is 6.70. The summed E-state index contributed by atoms with van der Waals surface area (Å²) in [5, 5.41) is 0. The first-order valence-electron chi connectivity index (χ1n) is 17.6. The van der Waals surface area contributed by atoms with Crippen molar-refractivity contribution in [2.75, 3.05) is 6.61 Å². The number of hydrogen-bond donors (Lipinski definition) is 0. The van der Waals surface area contributed by atoms with Crippen LogP contribution in [0.3, 0.4) is 0 Å². The lowest BCUT2D eigenvalue weighted by Crippen LogP contribution is -2.61. The Labute approximate surface area is 233 Å².